The highest BCUT2D eigenvalue weighted by Crippen LogP contribution is 2.61. The summed E-state index contributed by atoms with van der Waals surface area (Å²) in [5.74, 6) is 3.25. The number of nitrogens with one attached hydrogen (secondary N) is 1. The molecule has 26 heavy (non-hydrogen) atoms. The number of nitrogens with zero attached hydrogens (tertiary/aromatic N) is 3. The monoisotopic (exact) mass is 370 g/mol. The molecule has 1 N–H and O–H groups in total. The number of carbonyl (C=O) groups excluding carboxylic acids is 1. The fourth-order valence-corrected chi connectivity index (χ4v) is 6.93. The number of thioether (sulfide) groups is 1. The normalized spacial score (nSPS) is 33.5. The van der Waals surface area contributed by atoms with E-state index in [1.165, 1.54) is 50.3 Å². The second kappa shape index (κ2) is 6.25. The Morgan fingerprint density at radius 2 is 1.92 bits per heavy atom. The van der Waals surface area contributed by atoms with Gasteiger partial charge in [-0.15, -0.1) is 10.2 Å². The summed E-state index contributed by atoms with van der Waals surface area (Å²) in [6.07, 6.45) is 10.2. The van der Waals surface area contributed by atoms with Gasteiger partial charge in [-0.25, -0.2) is 0 Å². The second-order valence-corrected chi connectivity index (χ2v) is 9.71. The topological polar surface area (TPSA) is 59.3 Å². The third-order valence-corrected chi connectivity index (χ3v) is 7.94. The van der Waals surface area contributed by atoms with Crippen molar-refractivity contribution in [3.8, 4) is 0 Å². The molecule has 0 aliphatic heterocycles. The molecule has 1 amide bonds. The SMILES string of the molecule is C[C@H](NC(=O)CSc1nnc2ccccn12)C12CC3CC(CC(C3)C1)C2. The van der Waals surface area contributed by atoms with Gasteiger partial charge in [0, 0.05) is 12.2 Å². The van der Waals surface area contributed by atoms with Crippen molar-refractivity contribution in [2.75, 3.05) is 5.75 Å². The van der Waals surface area contributed by atoms with Crippen molar-refractivity contribution < 1.29 is 4.79 Å². The van der Waals surface area contributed by atoms with E-state index in [2.05, 4.69) is 22.4 Å². The Balaban J connectivity index is 1.22. The van der Waals surface area contributed by atoms with Crippen LogP contribution in [0.5, 0.6) is 0 Å². The van der Waals surface area contributed by atoms with Crippen LogP contribution in [0.2, 0.25) is 0 Å². The zero-order valence-corrected chi connectivity index (χ0v) is 16.0. The summed E-state index contributed by atoms with van der Waals surface area (Å²) in [5.41, 5.74) is 1.17. The van der Waals surface area contributed by atoms with E-state index in [0.29, 0.717) is 11.2 Å². The third kappa shape index (κ3) is 2.82. The Morgan fingerprint density at radius 1 is 1.23 bits per heavy atom. The van der Waals surface area contributed by atoms with Crippen LogP contribution in [0.3, 0.4) is 0 Å². The van der Waals surface area contributed by atoms with Crippen LogP contribution >= 0.6 is 11.8 Å². The zero-order chi connectivity index (χ0) is 17.7. The van der Waals surface area contributed by atoms with Crippen LogP contribution in [-0.2, 0) is 4.79 Å². The largest absolute Gasteiger partial charge is 0.352 e. The Bertz CT molecular complexity index is 797. The average Bonchev–Trinajstić information content (AvgIpc) is 3.02. The van der Waals surface area contributed by atoms with Gasteiger partial charge in [0.05, 0.1) is 5.75 Å². The van der Waals surface area contributed by atoms with Gasteiger partial charge in [0.2, 0.25) is 5.91 Å². The van der Waals surface area contributed by atoms with Crippen LogP contribution in [0, 0.1) is 23.2 Å². The Kier molecular flexibility index (Phi) is 3.99. The summed E-state index contributed by atoms with van der Waals surface area (Å²) in [7, 11) is 0. The number of pyridine rings is 1. The third-order valence-electron chi connectivity index (χ3n) is 7.00. The highest BCUT2D eigenvalue weighted by atomic mass is 32.2. The highest BCUT2D eigenvalue weighted by molar-refractivity contribution is 7.99. The van der Waals surface area contributed by atoms with E-state index in [1.54, 1.807) is 0 Å². The van der Waals surface area contributed by atoms with Crippen molar-refractivity contribution in [1.29, 1.82) is 0 Å². The number of rotatable bonds is 5. The van der Waals surface area contributed by atoms with Gasteiger partial charge >= 0.3 is 0 Å². The van der Waals surface area contributed by atoms with Crippen LogP contribution < -0.4 is 5.32 Å². The minimum atomic E-state index is 0.117. The molecule has 2 aromatic rings. The van der Waals surface area contributed by atoms with Gasteiger partial charge in [-0.3, -0.25) is 9.20 Å². The van der Waals surface area contributed by atoms with Gasteiger partial charge in [-0.05, 0) is 80.8 Å². The molecule has 138 valence electrons. The lowest BCUT2D eigenvalue weighted by molar-refractivity contribution is -0.123. The smallest absolute Gasteiger partial charge is 0.230 e. The van der Waals surface area contributed by atoms with E-state index in [-0.39, 0.29) is 11.9 Å². The number of hydrogen-bond acceptors (Lipinski definition) is 4. The molecule has 4 aliphatic rings. The standard InChI is InChI=1S/C20H26N4OS/c1-13(20-9-14-6-15(10-20)8-16(7-14)11-20)21-18(25)12-26-19-23-22-17-4-2-3-5-24(17)19/h2-5,13-16H,6-12H2,1H3,(H,21,25)/t13-,14?,15?,16?,20?/m0/s1. The molecular formula is C20H26N4OS. The first-order chi connectivity index (χ1) is 12.6. The van der Waals surface area contributed by atoms with E-state index in [1.807, 2.05) is 28.8 Å². The molecule has 0 aromatic carbocycles. The minimum Gasteiger partial charge on any atom is -0.352 e. The molecule has 4 bridgehead atoms. The lowest BCUT2D eigenvalue weighted by atomic mass is 9.48. The molecule has 2 aromatic heterocycles. The molecule has 6 heteroatoms. The first kappa shape index (κ1) is 16.6. The van der Waals surface area contributed by atoms with E-state index in [4.69, 9.17) is 0 Å². The average molecular weight is 371 g/mol. The quantitative estimate of drug-likeness (QED) is 0.818. The molecule has 1 atom stereocenters. The summed E-state index contributed by atoms with van der Waals surface area (Å²) in [6, 6.07) is 6.10. The van der Waals surface area contributed by atoms with Crippen LogP contribution in [-0.4, -0.2) is 32.3 Å². The van der Waals surface area contributed by atoms with Gasteiger partial charge in [-0.1, -0.05) is 17.8 Å². The lowest BCUT2D eigenvalue weighted by Gasteiger charge is -2.59. The van der Waals surface area contributed by atoms with E-state index >= 15 is 0 Å². The summed E-state index contributed by atoms with van der Waals surface area (Å²) >= 11 is 1.46. The van der Waals surface area contributed by atoms with Gasteiger partial charge in [-0.2, -0.15) is 0 Å². The van der Waals surface area contributed by atoms with Crippen LogP contribution in [0.1, 0.15) is 45.4 Å². The predicted molar refractivity (Wildman–Crippen MR) is 102 cm³/mol. The van der Waals surface area contributed by atoms with Crippen molar-refractivity contribution in [1.82, 2.24) is 19.9 Å². The summed E-state index contributed by atoms with van der Waals surface area (Å²) in [6.45, 7) is 2.24. The summed E-state index contributed by atoms with van der Waals surface area (Å²) in [5, 5.41) is 12.4. The van der Waals surface area contributed by atoms with Gasteiger partial charge in [0.1, 0.15) is 0 Å². The molecule has 0 radical (unpaired) electrons. The highest BCUT2D eigenvalue weighted by Gasteiger charge is 2.53. The van der Waals surface area contributed by atoms with Crippen molar-refractivity contribution in [2.24, 2.45) is 23.2 Å². The summed E-state index contributed by atoms with van der Waals surface area (Å²) in [4.78, 5) is 12.6. The van der Waals surface area contributed by atoms with E-state index < -0.39 is 0 Å². The molecule has 4 aliphatic carbocycles. The molecule has 5 nitrogen and oxygen atoms in total. The first-order valence-corrected chi connectivity index (χ1v) is 10.8. The second-order valence-electron chi connectivity index (χ2n) is 8.77. The zero-order valence-electron chi connectivity index (χ0n) is 15.2. The fraction of sp³-hybridized carbons (Fsp3) is 0.650. The van der Waals surface area contributed by atoms with E-state index in [0.717, 1.165) is 28.6 Å². The van der Waals surface area contributed by atoms with Gasteiger partial charge in [0.15, 0.2) is 10.8 Å². The molecule has 2 heterocycles. The van der Waals surface area contributed by atoms with Crippen LogP contribution in [0.25, 0.3) is 5.65 Å². The number of carbonyl (C=O) groups is 1. The number of hydrogen-bond donors (Lipinski definition) is 1. The van der Waals surface area contributed by atoms with E-state index in [9.17, 15) is 4.79 Å². The maximum Gasteiger partial charge on any atom is 0.230 e. The van der Waals surface area contributed by atoms with Gasteiger partial charge < -0.3 is 5.32 Å². The summed E-state index contributed by atoms with van der Waals surface area (Å²) < 4.78 is 1.93. The Labute approximate surface area is 158 Å². The number of amides is 1. The predicted octanol–water partition coefficient (Wildman–Crippen LogP) is 3.54. The van der Waals surface area contributed by atoms with Crippen molar-refractivity contribution in [3.05, 3.63) is 24.4 Å². The molecular weight excluding hydrogens is 344 g/mol. The Hall–Kier alpha value is -1.56. The maximum atomic E-state index is 12.6. The molecule has 0 saturated heterocycles. The molecule has 0 unspecified atom stereocenters. The molecule has 4 saturated carbocycles. The number of aromatic nitrogens is 3. The minimum absolute atomic E-state index is 0.117. The van der Waals surface area contributed by atoms with Crippen molar-refractivity contribution in [2.45, 2.75) is 56.6 Å². The van der Waals surface area contributed by atoms with Crippen LogP contribution in [0.4, 0.5) is 0 Å². The lowest BCUT2D eigenvalue weighted by Crippen LogP contribution is -2.56. The first-order valence-electron chi connectivity index (χ1n) is 9.83. The Morgan fingerprint density at radius 3 is 2.62 bits per heavy atom. The molecule has 6 rings (SSSR count). The van der Waals surface area contributed by atoms with Crippen molar-refractivity contribution in [3.63, 3.8) is 0 Å². The fourth-order valence-electron chi connectivity index (χ4n) is 6.19. The number of fused-ring (bicyclic) bond motifs is 1. The van der Waals surface area contributed by atoms with Crippen LogP contribution in [0.15, 0.2) is 29.6 Å². The van der Waals surface area contributed by atoms with Gasteiger partial charge in [0.25, 0.3) is 0 Å². The maximum absolute atomic E-state index is 12.6. The van der Waals surface area contributed by atoms with Crippen molar-refractivity contribution >= 4 is 23.3 Å². The molecule has 0 spiro atoms. The molecule has 4 fully saturated rings.